The van der Waals surface area contributed by atoms with Gasteiger partial charge in [-0.3, -0.25) is 0 Å². The topological polar surface area (TPSA) is 80.8 Å². The molecule has 0 amide bonds. The van der Waals surface area contributed by atoms with Crippen LogP contribution in [-0.4, -0.2) is 50.6 Å². The molecule has 0 unspecified atom stereocenters. The molecule has 3 aromatic rings. The molecule has 1 aliphatic carbocycles. The SMILES string of the molecule is COc1cc(CNCCC2CCC(Nc3nc(N(C)C)c4ccccc4n3)CC2)cc2c1OCO2. The lowest BCUT2D eigenvalue weighted by molar-refractivity contribution is 0.171. The molecule has 186 valence electrons. The molecule has 8 nitrogen and oxygen atoms in total. The third kappa shape index (κ3) is 5.37. The minimum absolute atomic E-state index is 0.254. The zero-order valence-corrected chi connectivity index (χ0v) is 20.8. The van der Waals surface area contributed by atoms with E-state index in [-0.39, 0.29) is 6.79 Å². The van der Waals surface area contributed by atoms with E-state index >= 15 is 0 Å². The lowest BCUT2D eigenvalue weighted by atomic mass is 9.84. The smallest absolute Gasteiger partial charge is 0.231 e. The summed E-state index contributed by atoms with van der Waals surface area (Å²) in [6.07, 6.45) is 5.94. The molecule has 0 saturated heterocycles. The van der Waals surface area contributed by atoms with Gasteiger partial charge in [-0.2, -0.15) is 4.98 Å². The molecular formula is C27H35N5O3. The maximum absolute atomic E-state index is 5.53. The highest BCUT2D eigenvalue weighted by Crippen LogP contribution is 2.41. The molecule has 1 fully saturated rings. The molecule has 5 rings (SSSR count). The standard InChI is InChI=1S/C27H35N5O3/c1-32(2)26-21-6-4-5-7-22(21)30-27(31-26)29-20-10-8-18(9-11-20)12-13-28-16-19-14-23(33-3)25-24(15-19)34-17-35-25/h4-7,14-15,18,20,28H,8-13,16-17H2,1-3H3,(H,29,30,31). The minimum Gasteiger partial charge on any atom is -0.493 e. The number of benzene rings is 2. The first-order chi connectivity index (χ1) is 17.1. The summed E-state index contributed by atoms with van der Waals surface area (Å²) in [7, 11) is 5.72. The third-order valence-electron chi connectivity index (χ3n) is 6.96. The Morgan fingerprint density at radius 2 is 1.89 bits per heavy atom. The third-order valence-corrected chi connectivity index (χ3v) is 6.96. The lowest BCUT2D eigenvalue weighted by Gasteiger charge is -2.29. The van der Waals surface area contributed by atoms with Crippen LogP contribution in [0.3, 0.4) is 0 Å². The zero-order chi connectivity index (χ0) is 24.2. The molecule has 2 aromatic carbocycles. The number of anilines is 2. The van der Waals surface area contributed by atoms with Crippen LogP contribution in [0.15, 0.2) is 36.4 Å². The average Bonchev–Trinajstić information content (AvgIpc) is 3.35. The second-order valence-corrected chi connectivity index (χ2v) is 9.64. The highest BCUT2D eigenvalue weighted by Gasteiger charge is 2.23. The largest absolute Gasteiger partial charge is 0.493 e. The van der Waals surface area contributed by atoms with Gasteiger partial charge in [0, 0.05) is 32.1 Å². The van der Waals surface area contributed by atoms with Crippen LogP contribution >= 0.6 is 0 Å². The van der Waals surface area contributed by atoms with Gasteiger partial charge in [-0.15, -0.1) is 0 Å². The summed E-state index contributed by atoms with van der Waals surface area (Å²) < 4.78 is 16.4. The Morgan fingerprint density at radius 3 is 2.69 bits per heavy atom. The van der Waals surface area contributed by atoms with Crippen molar-refractivity contribution in [2.75, 3.05) is 44.8 Å². The summed E-state index contributed by atoms with van der Waals surface area (Å²) in [5, 5.41) is 8.28. The van der Waals surface area contributed by atoms with Crippen LogP contribution in [0.25, 0.3) is 10.9 Å². The molecular weight excluding hydrogens is 442 g/mol. The van der Waals surface area contributed by atoms with Crippen molar-refractivity contribution in [3.05, 3.63) is 42.0 Å². The molecule has 0 radical (unpaired) electrons. The van der Waals surface area contributed by atoms with E-state index in [0.717, 1.165) is 71.6 Å². The van der Waals surface area contributed by atoms with E-state index in [2.05, 4.69) is 27.7 Å². The molecule has 1 aromatic heterocycles. The van der Waals surface area contributed by atoms with Crippen molar-refractivity contribution in [3.63, 3.8) is 0 Å². The van der Waals surface area contributed by atoms with Gasteiger partial charge in [-0.05, 0) is 74.4 Å². The van der Waals surface area contributed by atoms with Crippen molar-refractivity contribution in [2.45, 2.75) is 44.7 Å². The molecule has 8 heteroatoms. The fourth-order valence-corrected chi connectivity index (χ4v) is 5.07. The van der Waals surface area contributed by atoms with Crippen LogP contribution in [0.5, 0.6) is 17.2 Å². The Hall–Kier alpha value is -3.26. The van der Waals surface area contributed by atoms with Crippen molar-refractivity contribution < 1.29 is 14.2 Å². The van der Waals surface area contributed by atoms with Crippen LogP contribution in [0.4, 0.5) is 11.8 Å². The number of hydrogen-bond donors (Lipinski definition) is 2. The van der Waals surface area contributed by atoms with Gasteiger partial charge in [-0.1, -0.05) is 12.1 Å². The first-order valence-electron chi connectivity index (χ1n) is 12.5. The Morgan fingerprint density at radius 1 is 1.06 bits per heavy atom. The van der Waals surface area contributed by atoms with Gasteiger partial charge in [0.2, 0.25) is 18.5 Å². The molecule has 2 heterocycles. The predicted octanol–water partition coefficient (Wildman–Crippen LogP) is 4.58. The van der Waals surface area contributed by atoms with E-state index < -0.39 is 0 Å². The number of rotatable bonds is 9. The van der Waals surface area contributed by atoms with E-state index in [1.54, 1.807) is 7.11 Å². The van der Waals surface area contributed by atoms with E-state index in [9.17, 15) is 0 Å². The van der Waals surface area contributed by atoms with Gasteiger partial charge in [0.1, 0.15) is 5.82 Å². The summed E-state index contributed by atoms with van der Waals surface area (Å²) in [4.78, 5) is 11.6. The monoisotopic (exact) mass is 477 g/mol. The summed E-state index contributed by atoms with van der Waals surface area (Å²) in [5.41, 5.74) is 2.13. The van der Waals surface area contributed by atoms with Gasteiger partial charge in [-0.25, -0.2) is 4.98 Å². The van der Waals surface area contributed by atoms with Gasteiger partial charge in [0.25, 0.3) is 0 Å². The van der Waals surface area contributed by atoms with Crippen LogP contribution in [0, 0.1) is 5.92 Å². The Labute approximate surface area is 207 Å². The van der Waals surface area contributed by atoms with E-state index in [1.165, 1.54) is 19.3 Å². The molecule has 0 spiro atoms. The Bertz CT molecular complexity index is 1160. The quantitative estimate of drug-likeness (QED) is 0.434. The summed E-state index contributed by atoms with van der Waals surface area (Å²) in [6, 6.07) is 12.7. The first-order valence-corrected chi connectivity index (χ1v) is 12.5. The number of para-hydroxylation sites is 1. The van der Waals surface area contributed by atoms with E-state index in [1.807, 2.05) is 38.4 Å². The highest BCUT2D eigenvalue weighted by molar-refractivity contribution is 5.90. The zero-order valence-electron chi connectivity index (χ0n) is 20.8. The van der Waals surface area contributed by atoms with E-state index in [0.29, 0.717) is 11.8 Å². The molecule has 2 N–H and O–H groups in total. The number of hydrogen-bond acceptors (Lipinski definition) is 8. The summed E-state index contributed by atoms with van der Waals surface area (Å²) in [6.45, 7) is 2.04. The van der Waals surface area contributed by atoms with Crippen molar-refractivity contribution in [1.82, 2.24) is 15.3 Å². The van der Waals surface area contributed by atoms with Crippen molar-refractivity contribution in [3.8, 4) is 17.2 Å². The van der Waals surface area contributed by atoms with Crippen LogP contribution in [0.2, 0.25) is 0 Å². The van der Waals surface area contributed by atoms with Crippen LogP contribution in [-0.2, 0) is 6.54 Å². The maximum atomic E-state index is 5.53. The molecule has 0 atom stereocenters. The normalized spacial score (nSPS) is 19.1. The number of aromatic nitrogens is 2. The number of fused-ring (bicyclic) bond motifs is 2. The van der Waals surface area contributed by atoms with Crippen molar-refractivity contribution in [1.29, 1.82) is 0 Å². The second-order valence-electron chi connectivity index (χ2n) is 9.64. The fraction of sp³-hybridized carbons (Fsp3) is 0.481. The van der Waals surface area contributed by atoms with Gasteiger partial charge >= 0.3 is 0 Å². The molecule has 0 bridgehead atoms. The Balaban J connectivity index is 1.08. The average molecular weight is 478 g/mol. The number of nitrogens with zero attached hydrogens (tertiary/aromatic N) is 3. The second kappa shape index (κ2) is 10.6. The van der Waals surface area contributed by atoms with Crippen LogP contribution < -0.4 is 29.7 Å². The minimum atomic E-state index is 0.254. The number of ether oxygens (including phenoxy) is 3. The van der Waals surface area contributed by atoms with Gasteiger partial charge in [0.15, 0.2) is 11.5 Å². The Kier molecular flexibility index (Phi) is 7.08. The van der Waals surface area contributed by atoms with Crippen LogP contribution in [0.1, 0.15) is 37.7 Å². The van der Waals surface area contributed by atoms with Crippen molar-refractivity contribution >= 4 is 22.7 Å². The number of nitrogens with one attached hydrogen (secondary N) is 2. The summed E-state index contributed by atoms with van der Waals surface area (Å²) >= 11 is 0. The molecule has 35 heavy (non-hydrogen) atoms. The summed E-state index contributed by atoms with van der Waals surface area (Å²) in [5.74, 6) is 4.64. The molecule has 1 aliphatic heterocycles. The number of methoxy groups -OCH3 is 1. The fourth-order valence-electron chi connectivity index (χ4n) is 5.07. The van der Waals surface area contributed by atoms with Gasteiger partial charge < -0.3 is 29.7 Å². The lowest BCUT2D eigenvalue weighted by Crippen LogP contribution is -2.28. The van der Waals surface area contributed by atoms with Crippen molar-refractivity contribution in [2.24, 2.45) is 5.92 Å². The molecule has 1 saturated carbocycles. The maximum Gasteiger partial charge on any atom is 0.231 e. The predicted molar refractivity (Wildman–Crippen MR) is 139 cm³/mol. The highest BCUT2D eigenvalue weighted by atomic mass is 16.7. The van der Waals surface area contributed by atoms with E-state index in [4.69, 9.17) is 24.2 Å². The van der Waals surface area contributed by atoms with Gasteiger partial charge in [0.05, 0.1) is 12.6 Å². The molecule has 2 aliphatic rings. The first kappa shape index (κ1) is 23.5.